The number of hydroxylamine groups is 1. The van der Waals surface area contributed by atoms with Crippen LogP contribution in [0.25, 0.3) is 0 Å². The Labute approximate surface area is 109 Å². The third kappa shape index (κ3) is 9.33. The van der Waals surface area contributed by atoms with Gasteiger partial charge in [0.05, 0.1) is 7.11 Å². The number of rotatable bonds is 6. The Hall–Kier alpha value is -2.38. The number of esters is 2. The molecule has 0 rings (SSSR count). The van der Waals surface area contributed by atoms with E-state index in [0.29, 0.717) is 6.42 Å². The number of nitrogens with one attached hydrogen (secondary N) is 1. The molecule has 1 amide bonds. The van der Waals surface area contributed by atoms with Crippen molar-refractivity contribution in [2.45, 2.75) is 19.8 Å². The number of carbonyl (C=O) groups excluding carboxylic acids is 4. The van der Waals surface area contributed by atoms with Crippen LogP contribution in [0, 0.1) is 0 Å². The molecule has 8 nitrogen and oxygen atoms in total. The first-order valence-electron chi connectivity index (χ1n) is 5.40. The van der Waals surface area contributed by atoms with Gasteiger partial charge in [-0.1, -0.05) is 6.92 Å². The summed E-state index contributed by atoms with van der Waals surface area (Å²) in [4.78, 5) is 48.0. The summed E-state index contributed by atoms with van der Waals surface area (Å²) in [6, 6.07) is 0. The van der Waals surface area contributed by atoms with E-state index in [1.807, 2.05) is 5.48 Å². The Morgan fingerprint density at radius 2 is 1.74 bits per heavy atom. The molecule has 0 aliphatic carbocycles. The predicted octanol–water partition coefficient (Wildman–Crippen LogP) is -0.367. The molecule has 0 atom stereocenters. The van der Waals surface area contributed by atoms with Crippen molar-refractivity contribution in [3.63, 3.8) is 0 Å². The van der Waals surface area contributed by atoms with E-state index in [4.69, 9.17) is 0 Å². The number of carbonyl (C=O) groups is 4. The van der Waals surface area contributed by atoms with E-state index in [1.54, 1.807) is 6.92 Å². The first-order valence-corrected chi connectivity index (χ1v) is 5.40. The molecule has 1 N–H and O–H groups in total. The summed E-state index contributed by atoms with van der Waals surface area (Å²) >= 11 is 0. The lowest BCUT2D eigenvalue weighted by atomic mass is 10.3. The lowest BCUT2D eigenvalue weighted by Crippen LogP contribution is -2.31. The van der Waals surface area contributed by atoms with Crippen molar-refractivity contribution in [1.29, 1.82) is 0 Å². The second-order valence-electron chi connectivity index (χ2n) is 3.21. The fourth-order valence-corrected chi connectivity index (χ4v) is 0.787. The second-order valence-corrected chi connectivity index (χ2v) is 3.21. The van der Waals surface area contributed by atoms with Crippen LogP contribution in [0.1, 0.15) is 19.8 Å². The van der Waals surface area contributed by atoms with E-state index in [2.05, 4.69) is 14.3 Å². The van der Waals surface area contributed by atoms with Crippen LogP contribution in [-0.2, 0) is 33.5 Å². The zero-order valence-corrected chi connectivity index (χ0v) is 10.6. The maximum atomic E-state index is 11.1. The number of methoxy groups -OCH3 is 1. The highest BCUT2D eigenvalue weighted by Gasteiger charge is 2.08. The minimum absolute atomic E-state index is 0.169. The van der Waals surface area contributed by atoms with Gasteiger partial charge in [-0.3, -0.25) is 4.79 Å². The van der Waals surface area contributed by atoms with Crippen LogP contribution < -0.4 is 5.48 Å². The molecule has 106 valence electrons. The van der Waals surface area contributed by atoms with Crippen molar-refractivity contribution in [2.24, 2.45) is 0 Å². The molecule has 0 radical (unpaired) electrons. The summed E-state index contributed by atoms with van der Waals surface area (Å²) in [6.07, 6.45) is 2.41. The van der Waals surface area contributed by atoms with E-state index in [9.17, 15) is 19.2 Å². The summed E-state index contributed by atoms with van der Waals surface area (Å²) in [6.45, 7) is 1.14. The number of hydrogen-bond donors (Lipinski definition) is 1. The third-order valence-corrected chi connectivity index (χ3v) is 1.64. The van der Waals surface area contributed by atoms with Gasteiger partial charge in [-0.2, -0.15) is 5.48 Å². The zero-order chi connectivity index (χ0) is 14.7. The summed E-state index contributed by atoms with van der Waals surface area (Å²) in [7, 11) is 1.15. The molecular formula is C11H15NO7. The highest BCUT2D eigenvalue weighted by atomic mass is 16.7. The van der Waals surface area contributed by atoms with Gasteiger partial charge in [0.1, 0.15) is 0 Å². The quantitative estimate of drug-likeness (QED) is 0.304. The summed E-state index contributed by atoms with van der Waals surface area (Å²) in [5.74, 6) is -3.02. The van der Waals surface area contributed by atoms with Crippen molar-refractivity contribution in [1.82, 2.24) is 5.48 Å². The van der Waals surface area contributed by atoms with Gasteiger partial charge in [-0.05, 0) is 6.42 Å². The van der Waals surface area contributed by atoms with Gasteiger partial charge in [-0.15, -0.1) is 0 Å². The average Bonchev–Trinajstić information content (AvgIpc) is 2.40. The van der Waals surface area contributed by atoms with Crippen molar-refractivity contribution >= 4 is 23.8 Å². The normalized spacial score (nSPS) is 9.79. The van der Waals surface area contributed by atoms with E-state index in [-0.39, 0.29) is 6.42 Å². The Morgan fingerprint density at radius 1 is 1.11 bits per heavy atom. The monoisotopic (exact) mass is 273 g/mol. The van der Waals surface area contributed by atoms with Gasteiger partial charge in [0.2, 0.25) is 0 Å². The Bertz CT molecular complexity index is 375. The fourth-order valence-electron chi connectivity index (χ4n) is 0.787. The molecule has 0 bridgehead atoms. The molecule has 0 aromatic heterocycles. The zero-order valence-electron chi connectivity index (χ0n) is 10.6. The Balaban J connectivity index is 3.84. The largest absolute Gasteiger partial charge is 0.466 e. The molecule has 0 aromatic rings. The molecule has 0 saturated heterocycles. The summed E-state index contributed by atoms with van der Waals surface area (Å²) < 4.78 is 8.70. The van der Waals surface area contributed by atoms with Crippen molar-refractivity contribution in [2.75, 3.05) is 13.7 Å². The summed E-state index contributed by atoms with van der Waals surface area (Å²) in [5.41, 5.74) is 1.82. The fraction of sp³-hybridized carbons (Fsp3) is 0.455. The average molecular weight is 273 g/mol. The SMILES string of the molecule is CCCC(=O)ONC(=O)COC(=O)/C=C/C(=O)OC. The van der Waals surface area contributed by atoms with Crippen LogP contribution >= 0.6 is 0 Å². The van der Waals surface area contributed by atoms with Gasteiger partial charge >= 0.3 is 17.9 Å². The van der Waals surface area contributed by atoms with Crippen LogP contribution in [0.4, 0.5) is 0 Å². The molecule has 0 fully saturated rings. The minimum atomic E-state index is -0.902. The minimum Gasteiger partial charge on any atom is -0.466 e. The van der Waals surface area contributed by atoms with Crippen molar-refractivity contribution < 1.29 is 33.5 Å². The predicted molar refractivity (Wildman–Crippen MR) is 61.3 cm³/mol. The highest BCUT2D eigenvalue weighted by molar-refractivity contribution is 5.92. The lowest BCUT2D eigenvalue weighted by Gasteiger charge is -2.04. The Morgan fingerprint density at radius 3 is 2.32 bits per heavy atom. The maximum absolute atomic E-state index is 11.1. The smallest absolute Gasteiger partial charge is 0.332 e. The molecule has 0 heterocycles. The van der Waals surface area contributed by atoms with Crippen LogP contribution in [0.5, 0.6) is 0 Å². The number of hydrogen-bond acceptors (Lipinski definition) is 7. The van der Waals surface area contributed by atoms with Gasteiger partial charge in [0.25, 0.3) is 5.91 Å². The van der Waals surface area contributed by atoms with Gasteiger partial charge in [0.15, 0.2) is 6.61 Å². The molecule has 0 unspecified atom stereocenters. The van der Waals surface area contributed by atoms with Crippen LogP contribution in [0.3, 0.4) is 0 Å². The molecule has 19 heavy (non-hydrogen) atoms. The second kappa shape index (κ2) is 9.63. The lowest BCUT2D eigenvalue weighted by molar-refractivity contribution is -0.161. The summed E-state index contributed by atoms with van der Waals surface area (Å²) in [5, 5.41) is 0. The molecule has 0 spiro atoms. The first kappa shape index (κ1) is 16.6. The molecule has 0 saturated carbocycles. The maximum Gasteiger partial charge on any atom is 0.332 e. The van der Waals surface area contributed by atoms with Crippen LogP contribution in [0.15, 0.2) is 12.2 Å². The molecule has 0 aliphatic rings. The van der Waals surface area contributed by atoms with Crippen LogP contribution in [-0.4, -0.2) is 37.5 Å². The van der Waals surface area contributed by atoms with E-state index < -0.39 is 30.4 Å². The molecular weight excluding hydrogens is 258 g/mol. The number of ether oxygens (including phenoxy) is 2. The Kier molecular flexibility index (Phi) is 8.42. The third-order valence-electron chi connectivity index (χ3n) is 1.64. The van der Waals surface area contributed by atoms with Gasteiger partial charge in [-0.25, -0.2) is 14.4 Å². The molecule has 0 aromatic carbocycles. The highest BCUT2D eigenvalue weighted by Crippen LogP contribution is 1.89. The van der Waals surface area contributed by atoms with Crippen molar-refractivity contribution in [3.8, 4) is 0 Å². The standard InChI is InChI=1S/C11H15NO7/c1-3-4-11(16)19-12-8(13)7-18-10(15)6-5-9(14)17-2/h5-6H,3-4,7H2,1-2H3,(H,12,13)/b6-5+. The van der Waals surface area contributed by atoms with Crippen LogP contribution in [0.2, 0.25) is 0 Å². The number of amides is 1. The van der Waals surface area contributed by atoms with E-state index in [1.165, 1.54) is 0 Å². The van der Waals surface area contributed by atoms with Crippen molar-refractivity contribution in [3.05, 3.63) is 12.2 Å². The molecule has 0 aliphatic heterocycles. The molecule has 8 heteroatoms. The van der Waals surface area contributed by atoms with E-state index >= 15 is 0 Å². The van der Waals surface area contributed by atoms with Gasteiger partial charge < -0.3 is 14.3 Å². The first-order chi connectivity index (χ1) is 8.99. The van der Waals surface area contributed by atoms with Gasteiger partial charge in [0, 0.05) is 18.6 Å². The topological polar surface area (TPSA) is 108 Å². The van der Waals surface area contributed by atoms with E-state index in [0.717, 1.165) is 19.3 Å².